The van der Waals surface area contributed by atoms with E-state index in [9.17, 15) is 4.79 Å². The molecule has 1 fully saturated rings. The lowest BCUT2D eigenvalue weighted by Crippen LogP contribution is -2.30. The van der Waals surface area contributed by atoms with Crippen LogP contribution in [0.25, 0.3) is 0 Å². The van der Waals surface area contributed by atoms with Crippen molar-refractivity contribution in [3.8, 4) is 0 Å². The quantitative estimate of drug-likeness (QED) is 0.800. The van der Waals surface area contributed by atoms with Crippen LogP contribution in [-0.4, -0.2) is 23.7 Å². The number of hydrogen-bond donors (Lipinski definition) is 2. The molecule has 1 saturated carbocycles. The van der Waals surface area contributed by atoms with Crippen molar-refractivity contribution in [3.63, 3.8) is 0 Å². The van der Waals surface area contributed by atoms with Crippen molar-refractivity contribution in [1.82, 2.24) is 5.32 Å². The van der Waals surface area contributed by atoms with Crippen LogP contribution in [0.4, 0.5) is 0 Å². The first-order chi connectivity index (χ1) is 9.25. The number of benzene rings is 1. The highest BCUT2D eigenvalue weighted by Gasteiger charge is 2.10. The third kappa shape index (κ3) is 4.67. The minimum atomic E-state index is -0.858. The zero-order valence-electron chi connectivity index (χ0n) is 11.4. The van der Waals surface area contributed by atoms with E-state index in [1.54, 1.807) is 12.1 Å². The number of hydrogen-bond acceptors (Lipinski definition) is 2. The molecule has 0 heterocycles. The summed E-state index contributed by atoms with van der Waals surface area (Å²) < 4.78 is 0. The summed E-state index contributed by atoms with van der Waals surface area (Å²) in [6.45, 7) is 0.983. The molecule has 0 saturated heterocycles. The molecule has 1 aliphatic carbocycles. The van der Waals surface area contributed by atoms with E-state index in [1.165, 1.54) is 44.1 Å². The Morgan fingerprint density at radius 3 is 2.32 bits per heavy atom. The van der Waals surface area contributed by atoms with E-state index in [-0.39, 0.29) is 0 Å². The lowest BCUT2D eigenvalue weighted by molar-refractivity contribution is 0.0697. The van der Waals surface area contributed by atoms with Gasteiger partial charge in [0.25, 0.3) is 0 Å². The third-order valence-electron chi connectivity index (χ3n) is 3.90. The van der Waals surface area contributed by atoms with E-state index in [2.05, 4.69) is 5.32 Å². The molecule has 0 unspecified atom stereocenters. The molecule has 3 heteroatoms. The van der Waals surface area contributed by atoms with E-state index >= 15 is 0 Å². The zero-order valence-corrected chi connectivity index (χ0v) is 11.4. The maximum absolute atomic E-state index is 10.8. The van der Waals surface area contributed by atoms with E-state index in [0.29, 0.717) is 11.6 Å². The largest absolute Gasteiger partial charge is 0.478 e. The van der Waals surface area contributed by atoms with Crippen LogP contribution < -0.4 is 5.32 Å². The minimum absolute atomic E-state index is 0.362. The van der Waals surface area contributed by atoms with Crippen LogP contribution in [0.1, 0.15) is 54.4 Å². The normalized spacial score (nSPS) is 17.1. The molecule has 0 atom stereocenters. The second-order valence-electron chi connectivity index (χ2n) is 5.39. The lowest BCUT2D eigenvalue weighted by atomic mass is 10.1. The number of carboxylic acids is 1. The Bertz CT molecular complexity index is 392. The van der Waals surface area contributed by atoms with Crippen LogP contribution in [0.3, 0.4) is 0 Å². The van der Waals surface area contributed by atoms with Crippen molar-refractivity contribution in [2.75, 3.05) is 6.54 Å². The van der Waals surface area contributed by atoms with Gasteiger partial charge in [0.15, 0.2) is 0 Å². The van der Waals surface area contributed by atoms with Gasteiger partial charge in [-0.25, -0.2) is 4.79 Å². The average Bonchev–Trinajstić information content (AvgIpc) is 2.68. The SMILES string of the molecule is O=C(O)c1ccc(CCNC2CCCCCC2)cc1. The summed E-state index contributed by atoms with van der Waals surface area (Å²) in [6.07, 6.45) is 9.05. The van der Waals surface area contributed by atoms with Gasteiger partial charge in [-0.2, -0.15) is 0 Å². The molecular weight excluding hydrogens is 238 g/mol. The summed E-state index contributed by atoms with van der Waals surface area (Å²) >= 11 is 0. The van der Waals surface area contributed by atoms with Crippen LogP contribution in [0.15, 0.2) is 24.3 Å². The Balaban J connectivity index is 1.74. The third-order valence-corrected chi connectivity index (χ3v) is 3.90. The fourth-order valence-corrected chi connectivity index (χ4v) is 2.72. The van der Waals surface area contributed by atoms with Crippen molar-refractivity contribution < 1.29 is 9.90 Å². The molecule has 0 amide bonds. The highest BCUT2D eigenvalue weighted by molar-refractivity contribution is 5.87. The maximum Gasteiger partial charge on any atom is 0.335 e. The smallest absolute Gasteiger partial charge is 0.335 e. The van der Waals surface area contributed by atoms with Gasteiger partial charge in [0, 0.05) is 6.04 Å². The highest BCUT2D eigenvalue weighted by atomic mass is 16.4. The standard InChI is InChI=1S/C16H23NO2/c18-16(19)14-9-7-13(8-10-14)11-12-17-15-5-3-1-2-4-6-15/h7-10,15,17H,1-6,11-12H2,(H,18,19). The first-order valence-corrected chi connectivity index (χ1v) is 7.31. The fourth-order valence-electron chi connectivity index (χ4n) is 2.72. The van der Waals surface area contributed by atoms with Crippen LogP contribution in [-0.2, 0) is 6.42 Å². The van der Waals surface area contributed by atoms with E-state index in [0.717, 1.165) is 13.0 Å². The summed E-state index contributed by atoms with van der Waals surface area (Å²) in [6, 6.07) is 7.88. The van der Waals surface area contributed by atoms with Crippen molar-refractivity contribution in [2.45, 2.75) is 51.0 Å². The molecule has 0 spiro atoms. The monoisotopic (exact) mass is 261 g/mol. The van der Waals surface area contributed by atoms with Gasteiger partial charge in [-0.05, 0) is 43.5 Å². The van der Waals surface area contributed by atoms with Crippen LogP contribution in [0, 0.1) is 0 Å². The van der Waals surface area contributed by atoms with Gasteiger partial charge >= 0.3 is 5.97 Å². The molecule has 0 aliphatic heterocycles. The van der Waals surface area contributed by atoms with Gasteiger partial charge in [0.1, 0.15) is 0 Å². The number of nitrogens with one attached hydrogen (secondary N) is 1. The Labute approximate surface area is 115 Å². The molecule has 1 aliphatic rings. The van der Waals surface area contributed by atoms with Crippen molar-refractivity contribution >= 4 is 5.97 Å². The number of aromatic carboxylic acids is 1. The molecule has 2 N–H and O–H groups in total. The predicted octanol–water partition coefficient (Wildman–Crippen LogP) is 3.24. The first-order valence-electron chi connectivity index (χ1n) is 7.31. The Morgan fingerprint density at radius 2 is 1.74 bits per heavy atom. The lowest BCUT2D eigenvalue weighted by Gasteiger charge is -2.16. The van der Waals surface area contributed by atoms with Crippen molar-refractivity contribution in [1.29, 1.82) is 0 Å². The van der Waals surface area contributed by atoms with Gasteiger partial charge < -0.3 is 10.4 Å². The average molecular weight is 261 g/mol. The zero-order chi connectivity index (χ0) is 13.5. The molecule has 0 radical (unpaired) electrons. The summed E-state index contributed by atoms with van der Waals surface area (Å²) in [5.74, 6) is -0.858. The summed E-state index contributed by atoms with van der Waals surface area (Å²) in [7, 11) is 0. The molecule has 104 valence electrons. The Kier molecular flexibility index (Phi) is 5.40. The predicted molar refractivity (Wildman–Crippen MR) is 76.6 cm³/mol. The van der Waals surface area contributed by atoms with Crippen LogP contribution in [0.5, 0.6) is 0 Å². The fraction of sp³-hybridized carbons (Fsp3) is 0.562. The van der Waals surface area contributed by atoms with Gasteiger partial charge in [0.05, 0.1) is 5.56 Å². The van der Waals surface area contributed by atoms with E-state index in [4.69, 9.17) is 5.11 Å². The Morgan fingerprint density at radius 1 is 1.11 bits per heavy atom. The van der Waals surface area contributed by atoms with Crippen LogP contribution in [0.2, 0.25) is 0 Å². The van der Waals surface area contributed by atoms with E-state index < -0.39 is 5.97 Å². The number of rotatable bonds is 5. The minimum Gasteiger partial charge on any atom is -0.478 e. The molecule has 19 heavy (non-hydrogen) atoms. The first kappa shape index (κ1) is 14.1. The maximum atomic E-state index is 10.8. The van der Waals surface area contributed by atoms with Crippen molar-refractivity contribution in [3.05, 3.63) is 35.4 Å². The molecule has 1 aromatic rings. The van der Waals surface area contributed by atoms with Gasteiger partial charge in [0.2, 0.25) is 0 Å². The molecule has 0 aromatic heterocycles. The van der Waals surface area contributed by atoms with Gasteiger partial charge in [-0.15, -0.1) is 0 Å². The van der Waals surface area contributed by atoms with Gasteiger partial charge in [-0.3, -0.25) is 0 Å². The molecule has 2 rings (SSSR count). The molecular formula is C16H23NO2. The Hall–Kier alpha value is -1.35. The van der Waals surface area contributed by atoms with Gasteiger partial charge in [-0.1, -0.05) is 37.8 Å². The van der Waals surface area contributed by atoms with Crippen molar-refractivity contribution in [2.24, 2.45) is 0 Å². The summed E-state index contributed by atoms with van der Waals surface area (Å²) in [5, 5.41) is 12.5. The molecule has 1 aromatic carbocycles. The van der Waals surface area contributed by atoms with E-state index in [1.807, 2.05) is 12.1 Å². The number of carboxylic acid groups (broad SMARTS) is 1. The highest BCUT2D eigenvalue weighted by Crippen LogP contribution is 2.17. The molecule has 0 bridgehead atoms. The summed E-state index contributed by atoms with van der Waals surface area (Å²) in [4.78, 5) is 10.8. The van der Waals surface area contributed by atoms with Crippen LogP contribution >= 0.6 is 0 Å². The number of carbonyl (C=O) groups is 1. The second kappa shape index (κ2) is 7.29. The summed E-state index contributed by atoms with van der Waals surface area (Å²) in [5.41, 5.74) is 1.56. The second-order valence-corrected chi connectivity index (χ2v) is 5.39. The molecule has 3 nitrogen and oxygen atoms in total. The topological polar surface area (TPSA) is 49.3 Å².